The lowest BCUT2D eigenvalue weighted by molar-refractivity contribution is -0.135. The van der Waals surface area contributed by atoms with Crippen molar-refractivity contribution in [3.05, 3.63) is 41.0 Å². The quantitative estimate of drug-likeness (QED) is 0.629. The minimum absolute atomic E-state index is 0.222. The highest BCUT2D eigenvalue weighted by Gasteiger charge is 2.03. The van der Waals surface area contributed by atoms with E-state index in [9.17, 15) is 9.59 Å². The number of benzene rings is 1. The third-order valence-corrected chi connectivity index (χ3v) is 2.25. The molecule has 0 aliphatic heterocycles. The Bertz CT molecular complexity index is 446. The minimum Gasteiger partial charge on any atom is -0.466 e. The van der Waals surface area contributed by atoms with Crippen LogP contribution in [0.25, 0.3) is 6.08 Å². The molecule has 1 aromatic rings. The number of methoxy groups -OCH3 is 1. The molecule has 0 aliphatic rings. The van der Waals surface area contributed by atoms with E-state index in [-0.39, 0.29) is 18.3 Å². The summed E-state index contributed by atoms with van der Waals surface area (Å²) in [6.45, 7) is 1.68. The van der Waals surface area contributed by atoms with Crippen molar-refractivity contribution in [2.24, 2.45) is 5.73 Å². The van der Waals surface area contributed by atoms with Crippen LogP contribution in [0, 0.1) is 0 Å². The van der Waals surface area contributed by atoms with Crippen LogP contribution in [0.3, 0.4) is 0 Å². The number of primary amides is 1. The first-order chi connectivity index (χ1) is 8.02. The fourth-order valence-corrected chi connectivity index (χ4v) is 1.40. The third kappa shape index (κ3) is 4.10. The van der Waals surface area contributed by atoms with Crippen LogP contribution in [0.2, 0.25) is 0 Å². The lowest BCUT2D eigenvalue weighted by Crippen LogP contribution is -2.13. The van der Waals surface area contributed by atoms with Crippen LogP contribution in [-0.2, 0) is 20.7 Å². The number of rotatable bonds is 4. The van der Waals surface area contributed by atoms with Gasteiger partial charge in [0.05, 0.1) is 13.5 Å². The summed E-state index contributed by atoms with van der Waals surface area (Å²) in [5, 5.41) is 0. The Hall–Kier alpha value is -2.10. The van der Waals surface area contributed by atoms with E-state index in [1.54, 1.807) is 25.1 Å². The Balaban J connectivity index is 2.81. The predicted octanol–water partition coefficient (Wildman–Crippen LogP) is 1.29. The maximum absolute atomic E-state index is 11.2. The van der Waals surface area contributed by atoms with E-state index in [0.717, 1.165) is 11.1 Å². The fraction of sp³-hybridized carbons (Fsp3) is 0.231. The molecule has 0 aliphatic carbocycles. The predicted molar refractivity (Wildman–Crippen MR) is 65.0 cm³/mol. The molecule has 2 N–H and O–H groups in total. The number of amides is 1. The van der Waals surface area contributed by atoms with Crippen LogP contribution in [0.1, 0.15) is 18.1 Å². The van der Waals surface area contributed by atoms with Gasteiger partial charge in [-0.15, -0.1) is 0 Å². The zero-order chi connectivity index (χ0) is 12.8. The Morgan fingerprint density at radius 1 is 1.29 bits per heavy atom. The number of carbonyl (C=O) groups is 2. The molecule has 1 rings (SSSR count). The smallest absolute Gasteiger partial charge is 0.333 e. The van der Waals surface area contributed by atoms with Gasteiger partial charge in [-0.3, -0.25) is 4.79 Å². The Labute approximate surface area is 100 Å². The molecule has 1 aromatic carbocycles. The molecule has 90 valence electrons. The van der Waals surface area contributed by atoms with Crippen LogP contribution in [0.5, 0.6) is 0 Å². The monoisotopic (exact) mass is 233 g/mol. The number of nitrogens with two attached hydrogens (primary N) is 1. The largest absolute Gasteiger partial charge is 0.466 e. The van der Waals surface area contributed by atoms with Crippen molar-refractivity contribution >= 4 is 18.0 Å². The summed E-state index contributed by atoms with van der Waals surface area (Å²) in [5.74, 6) is -0.717. The van der Waals surface area contributed by atoms with Gasteiger partial charge < -0.3 is 10.5 Å². The van der Waals surface area contributed by atoms with Gasteiger partial charge in [-0.25, -0.2) is 4.79 Å². The van der Waals surface area contributed by atoms with Gasteiger partial charge in [-0.2, -0.15) is 0 Å². The molecular weight excluding hydrogens is 218 g/mol. The zero-order valence-electron chi connectivity index (χ0n) is 9.90. The standard InChI is InChI=1S/C13H15NO3/c1-9(13(16)17-2)7-10-3-5-11(6-4-10)8-12(14)15/h3-7H,8H2,1-2H3,(H2,14,15)/b9-7+. The lowest BCUT2D eigenvalue weighted by Gasteiger charge is -2.01. The van der Waals surface area contributed by atoms with Crippen molar-refractivity contribution in [2.75, 3.05) is 7.11 Å². The van der Waals surface area contributed by atoms with Crippen molar-refractivity contribution in [1.82, 2.24) is 0 Å². The maximum Gasteiger partial charge on any atom is 0.333 e. The summed E-state index contributed by atoms with van der Waals surface area (Å²) in [5.41, 5.74) is 7.34. The molecule has 0 unspecified atom stereocenters. The Morgan fingerprint density at radius 2 is 1.88 bits per heavy atom. The summed E-state index contributed by atoms with van der Waals surface area (Å²) in [7, 11) is 1.34. The van der Waals surface area contributed by atoms with Gasteiger partial charge in [0, 0.05) is 5.57 Å². The van der Waals surface area contributed by atoms with E-state index in [1.165, 1.54) is 7.11 Å². The van der Waals surface area contributed by atoms with Crippen LogP contribution < -0.4 is 5.73 Å². The van der Waals surface area contributed by atoms with Crippen molar-refractivity contribution in [3.8, 4) is 0 Å². The van der Waals surface area contributed by atoms with E-state index in [1.807, 2.05) is 12.1 Å². The van der Waals surface area contributed by atoms with E-state index in [0.29, 0.717) is 5.57 Å². The highest BCUT2D eigenvalue weighted by molar-refractivity contribution is 5.92. The van der Waals surface area contributed by atoms with Crippen LogP contribution >= 0.6 is 0 Å². The molecule has 0 saturated carbocycles. The first-order valence-electron chi connectivity index (χ1n) is 5.17. The maximum atomic E-state index is 11.2. The molecule has 1 amide bonds. The molecule has 0 aromatic heterocycles. The van der Waals surface area contributed by atoms with Gasteiger partial charge in [-0.1, -0.05) is 24.3 Å². The average molecular weight is 233 g/mol. The molecule has 0 heterocycles. The van der Waals surface area contributed by atoms with Crippen molar-refractivity contribution < 1.29 is 14.3 Å². The Kier molecular flexibility index (Phi) is 4.46. The summed E-state index contributed by atoms with van der Waals surface area (Å²) in [6.07, 6.45) is 1.94. The molecule has 0 bridgehead atoms. The van der Waals surface area contributed by atoms with E-state index >= 15 is 0 Å². The second-order valence-electron chi connectivity index (χ2n) is 3.70. The molecule has 17 heavy (non-hydrogen) atoms. The Morgan fingerprint density at radius 3 is 2.35 bits per heavy atom. The fourth-order valence-electron chi connectivity index (χ4n) is 1.40. The highest BCUT2D eigenvalue weighted by Crippen LogP contribution is 2.10. The highest BCUT2D eigenvalue weighted by atomic mass is 16.5. The molecule has 4 nitrogen and oxygen atoms in total. The van der Waals surface area contributed by atoms with Crippen LogP contribution in [0.4, 0.5) is 0 Å². The summed E-state index contributed by atoms with van der Waals surface area (Å²) in [6, 6.07) is 7.26. The number of hydrogen-bond acceptors (Lipinski definition) is 3. The molecule has 4 heteroatoms. The molecule has 0 saturated heterocycles. The second-order valence-corrected chi connectivity index (χ2v) is 3.70. The molecule has 0 atom stereocenters. The van der Waals surface area contributed by atoms with Crippen molar-refractivity contribution in [1.29, 1.82) is 0 Å². The van der Waals surface area contributed by atoms with Crippen LogP contribution in [0.15, 0.2) is 29.8 Å². The van der Waals surface area contributed by atoms with Gasteiger partial charge in [0.25, 0.3) is 0 Å². The summed E-state index contributed by atoms with van der Waals surface area (Å²) < 4.78 is 4.59. The van der Waals surface area contributed by atoms with Gasteiger partial charge in [0.15, 0.2) is 0 Å². The topological polar surface area (TPSA) is 69.4 Å². The summed E-state index contributed by atoms with van der Waals surface area (Å²) in [4.78, 5) is 21.9. The van der Waals surface area contributed by atoms with Gasteiger partial charge >= 0.3 is 5.97 Å². The van der Waals surface area contributed by atoms with E-state index in [2.05, 4.69) is 4.74 Å². The third-order valence-electron chi connectivity index (χ3n) is 2.25. The first kappa shape index (κ1) is 13.0. The van der Waals surface area contributed by atoms with Gasteiger partial charge in [0.2, 0.25) is 5.91 Å². The molecule has 0 radical (unpaired) electrons. The summed E-state index contributed by atoms with van der Waals surface area (Å²) >= 11 is 0. The van der Waals surface area contributed by atoms with E-state index in [4.69, 9.17) is 5.73 Å². The van der Waals surface area contributed by atoms with Crippen molar-refractivity contribution in [3.63, 3.8) is 0 Å². The minimum atomic E-state index is -0.362. The lowest BCUT2D eigenvalue weighted by atomic mass is 10.1. The first-order valence-corrected chi connectivity index (χ1v) is 5.17. The number of ether oxygens (including phenoxy) is 1. The average Bonchev–Trinajstić information content (AvgIpc) is 2.30. The van der Waals surface area contributed by atoms with Crippen molar-refractivity contribution in [2.45, 2.75) is 13.3 Å². The normalized spacial score (nSPS) is 11.1. The number of esters is 1. The molecule has 0 spiro atoms. The van der Waals surface area contributed by atoms with Crippen LogP contribution in [-0.4, -0.2) is 19.0 Å². The van der Waals surface area contributed by atoms with E-state index < -0.39 is 0 Å². The molecule has 0 fully saturated rings. The zero-order valence-corrected chi connectivity index (χ0v) is 9.90. The molecular formula is C13H15NO3. The SMILES string of the molecule is COC(=O)/C(C)=C/c1ccc(CC(N)=O)cc1. The second kappa shape index (κ2) is 5.84. The van der Waals surface area contributed by atoms with Gasteiger partial charge in [-0.05, 0) is 24.1 Å². The number of hydrogen-bond donors (Lipinski definition) is 1. The van der Waals surface area contributed by atoms with Gasteiger partial charge in [0.1, 0.15) is 0 Å². The number of carbonyl (C=O) groups excluding carboxylic acids is 2.